The molecule has 294 valence electrons. The van der Waals surface area contributed by atoms with Crippen molar-refractivity contribution in [3.8, 4) is 0 Å². The first-order chi connectivity index (χ1) is 24.8. The molecule has 0 aliphatic carbocycles. The van der Waals surface area contributed by atoms with E-state index in [1.54, 1.807) is 0 Å². The van der Waals surface area contributed by atoms with Crippen LogP contribution in [0.2, 0.25) is 0 Å². The Morgan fingerprint density at radius 1 is 0.260 bits per heavy atom. The Bertz CT molecular complexity index is 730. The zero-order valence-corrected chi connectivity index (χ0v) is 35.1. The molecule has 0 atom stereocenters. The molecule has 1 aromatic heterocycles. The Balaban J connectivity index is 2.47. The van der Waals surface area contributed by atoms with Crippen LogP contribution in [-0.2, 0) is 5.54 Å². The van der Waals surface area contributed by atoms with Crippen LogP contribution in [0.3, 0.4) is 0 Å². The second kappa shape index (κ2) is 37.9. The molecular weight excluding hydrogens is 603 g/mol. The van der Waals surface area contributed by atoms with Crippen LogP contribution in [-0.4, -0.2) is 0 Å². The van der Waals surface area contributed by atoms with Crippen LogP contribution in [0, 0.1) is 0 Å². The summed E-state index contributed by atoms with van der Waals surface area (Å²) in [4.78, 5) is 0. The molecular formula is C49H94N+. The summed E-state index contributed by atoms with van der Waals surface area (Å²) in [6.45, 7) is 6.96. The first-order valence-corrected chi connectivity index (χ1v) is 23.8. The fourth-order valence-electron chi connectivity index (χ4n) is 8.54. The second-order valence-corrected chi connectivity index (χ2v) is 16.8. The van der Waals surface area contributed by atoms with E-state index in [0.29, 0.717) is 5.54 Å². The quantitative estimate of drug-likeness (QED) is 0.0474. The van der Waals surface area contributed by atoms with E-state index < -0.39 is 0 Å². The largest absolute Gasteiger partial charge is 0.200 e. The van der Waals surface area contributed by atoms with Gasteiger partial charge >= 0.3 is 0 Å². The average molecular weight is 697 g/mol. The Morgan fingerprint density at radius 3 is 0.680 bits per heavy atom. The van der Waals surface area contributed by atoms with Crippen LogP contribution in [0.25, 0.3) is 0 Å². The zero-order chi connectivity index (χ0) is 35.9. The number of nitrogens with zero attached hydrogens (tertiary/aromatic N) is 1. The molecule has 0 aliphatic rings. The Morgan fingerprint density at radius 2 is 0.460 bits per heavy atom. The fourth-order valence-corrected chi connectivity index (χ4v) is 8.54. The van der Waals surface area contributed by atoms with Crippen molar-refractivity contribution in [3.63, 3.8) is 0 Å². The number of hydrogen-bond donors (Lipinski definition) is 0. The number of hydrogen-bond acceptors (Lipinski definition) is 0. The van der Waals surface area contributed by atoms with Crippen LogP contribution < -0.4 is 4.57 Å². The monoisotopic (exact) mass is 697 g/mol. The minimum atomic E-state index is 0.330. The van der Waals surface area contributed by atoms with Crippen LogP contribution in [0.4, 0.5) is 0 Å². The van der Waals surface area contributed by atoms with E-state index in [1.807, 2.05) is 0 Å². The Hall–Kier alpha value is -0.850. The van der Waals surface area contributed by atoms with Crippen molar-refractivity contribution in [2.45, 2.75) is 283 Å². The third-order valence-corrected chi connectivity index (χ3v) is 12.0. The highest BCUT2D eigenvalue weighted by atomic mass is 15.0. The van der Waals surface area contributed by atoms with Gasteiger partial charge in [0, 0.05) is 31.4 Å². The van der Waals surface area contributed by atoms with Gasteiger partial charge in [-0.25, -0.2) is 0 Å². The second-order valence-electron chi connectivity index (χ2n) is 16.8. The highest BCUT2D eigenvalue weighted by Crippen LogP contribution is 2.32. The average Bonchev–Trinajstić information content (AvgIpc) is 3.14. The summed E-state index contributed by atoms with van der Waals surface area (Å²) in [5.41, 5.74) is 0.330. The lowest BCUT2D eigenvalue weighted by molar-refractivity contribution is -0.768. The van der Waals surface area contributed by atoms with E-state index in [2.05, 4.69) is 55.9 Å². The summed E-state index contributed by atoms with van der Waals surface area (Å²) >= 11 is 0. The summed E-state index contributed by atoms with van der Waals surface area (Å²) in [5.74, 6) is 0. The standard InChI is InChI=1S/C49H94N/c1-4-7-10-13-16-19-22-23-24-25-28-31-34-37-41-46-49(50-47-42-38-43-48-50,44-39-35-32-29-26-20-17-14-11-8-5-2)45-40-36-33-30-27-21-18-15-12-9-6-3/h38,42-43,47-48H,4-37,39-41,44-46H2,1-3H3/q+1. The van der Waals surface area contributed by atoms with Gasteiger partial charge in [0.15, 0.2) is 17.9 Å². The molecule has 0 radical (unpaired) electrons. The number of unbranched alkanes of at least 4 members (excludes halogenated alkanes) is 34. The predicted molar refractivity (Wildman–Crippen MR) is 226 cm³/mol. The van der Waals surface area contributed by atoms with Crippen molar-refractivity contribution in [2.75, 3.05) is 0 Å². The smallest absolute Gasteiger partial charge is 0.169 e. The molecule has 0 amide bonds. The maximum absolute atomic E-state index is 2.68. The summed E-state index contributed by atoms with van der Waals surface area (Å²) in [7, 11) is 0. The molecule has 1 aromatic rings. The first kappa shape index (κ1) is 47.2. The lowest BCUT2D eigenvalue weighted by Gasteiger charge is -2.29. The normalized spacial score (nSPS) is 11.9. The highest BCUT2D eigenvalue weighted by Gasteiger charge is 2.37. The van der Waals surface area contributed by atoms with Gasteiger partial charge in [0.25, 0.3) is 0 Å². The molecule has 0 aromatic carbocycles. The molecule has 0 saturated carbocycles. The van der Waals surface area contributed by atoms with Crippen molar-refractivity contribution in [3.05, 3.63) is 30.6 Å². The molecule has 1 heteroatoms. The van der Waals surface area contributed by atoms with E-state index in [0.717, 1.165) is 0 Å². The summed E-state index contributed by atoms with van der Waals surface area (Å²) < 4.78 is 2.68. The van der Waals surface area contributed by atoms with E-state index in [9.17, 15) is 0 Å². The van der Waals surface area contributed by atoms with Gasteiger partial charge in [-0.15, -0.1) is 0 Å². The summed E-state index contributed by atoms with van der Waals surface area (Å²) in [5, 5.41) is 0. The van der Waals surface area contributed by atoms with Crippen LogP contribution in [0.15, 0.2) is 30.6 Å². The predicted octanol–water partition coefficient (Wildman–Crippen LogP) is 17.3. The van der Waals surface area contributed by atoms with E-state index in [1.165, 1.54) is 257 Å². The molecule has 0 aliphatic heterocycles. The lowest BCUT2D eigenvalue weighted by atomic mass is 9.81. The van der Waals surface area contributed by atoms with E-state index in [-0.39, 0.29) is 0 Å². The molecule has 0 fully saturated rings. The van der Waals surface area contributed by atoms with Crippen molar-refractivity contribution in [2.24, 2.45) is 0 Å². The third-order valence-electron chi connectivity index (χ3n) is 12.0. The van der Waals surface area contributed by atoms with Crippen molar-refractivity contribution in [1.29, 1.82) is 0 Å². The molecule has 0 spiro atoms. The molecule has 1 nitrogen and oxygen atoms in total. The summed E-state index contributed by atoms with van der Waals surface area (Å²) in [6.07, 6.45) is 62.5. The SMILES string of the molecule is CCCCCCCCCCCCCCCCCC(CCCCCCCCCCCCC)(CCCCCCCCCCCCC)[n+]1ccccc1. The van der Waals surface area contributed by atoms with Crippen molar-refractivity contribution < 1.29 is 4.57 Å². The molecule has 1 heterocycles. The molecule has 0 N–H and O–H groups in total. The van der Waals surface area contributed by atoms with E-state index in [4.69, 9.17) is 0 Å². The number of rotatable bonds is 41. The lowest BCUT2D eigenvalue weighted by Crippen LogP contribution is -2.55. The first-order valence-electron chi connectivity index (χ1n) is 23.8. The van der Waals surface area contributed by atoms with E-state index >= 15 is 0 Å². The van der Waals surface area contributed by atoms with Gasteiger partial charge < -0.3 is 0 Å². The van der Waals surface area contributed by atoms with Gasteiger partial charge in [-0.05, 0) is 19.3 Å². The molecule has 0 unspecified atom stereocenters. The molecule has 0 bridgehead atoms. The minimum Gasteiger partial charge on any atom is -0.200 e. The minimum absolute atomic E-state index is 0.330. The molecule has 1 rings (SSSR count). The molecule has 50 heavy (non-hydrogen) atoms. The van der Waals surface area contributed by atoms with Crippen molar-refractivity contribution >= 4 is 0 Å². The highest BCUT2D eigenvalue weighted by molar-refractivity contribution is 4.86. The molecule has 0 saturated heterocycles. The maximum Gasteiger partial charge on any atom is 0.169 e. The number of pyridine rings is 1. The van der Waals surface area contributed by atoms with Crippen LogP contribution in [0.1, 0.15) is 278 Å². The van der Waals surface area contributed by atoms with Gasteiger partial charge in [-0.3, -0.25) is 0 Å². The summed E-state index contributed by atoms with van der Waals surface area (Å²) in [6, 6.07) is 6.81. The third kappa shape index (κ3) is 28.7. The van der Waals surface area contributed by atoms with Gasteiger partial charge in [0.2, 0.25) is 0 Å². The van der Waals surface area contributed by atoms with Crippen LogP contribution >= 0.6 is 0 Å². The Labute approximate surface area is 317 Å². The van der Waals surface area contributed by atoms with Gasteiger partial charge in [0.05, 0.1) is 0 Å². The zero-order valence-electron chi connectivity index (χ0n) is 35.1. The van der Waals surface area contributed by atoms with Crippen LogP contribution in [0.5, 0.6) is 0 Å². The van der Waals surface area contributed by atoms with Gasteiger partial charge in [-0.2, -0.15) is 4.57 Å². The van der Waals surface area contributed by atoms with Crippen molar-refractivity contribution in [1.82, 2.24) is 0 Å². The fraction of sp³-hybridized carbons (Fsp3) is 0.898. The maximum atomic E-state index is 2.68. The van der Waals surface area contributed by atoms with Gasteiger partial charge in [-0.1, -0.05) is 245 Å². The Kier molecular flexibility index (Phi) is 35.7. The van der Waals surface area contributed by atoms with Gasteiger partial charge in [0.1, 0.15) is 0 Å². The topological polar surface area (TPSA) is 3.88 Å². The number of aromatic nitrogens is 1.